The van der Waals surface area contributed by atoms with Crippen LogP contribution in [0.3, 0.4) is 0 Å². The molecule has 100 valence electrons. The Kier molecular flexibility index (Phi) is 3.71. The van der Waals surface area contributed by atoms with Crippen molar-refractivity contribution in [3.8, 4) is 0 Å². The van der Waals surface area contributed by atoms with Crippen LogP contribution in [-0.2, 0) is 6.42 Å². The Morgan fingerprint density at radius 3 is 2.55 bits per heavy atom. The van der Waals surface area contributed by atoms with Crippen LogP contribution < -0.4 is 0 Å². The second-order valence-electron chi connectivity index (χ2n) is 4.49. The molecule has 0 bridgehead atoms. The average molecular weight is 330 g/mol. The Labute approximate surface area is 124 Å². The molecule has 3 aromatic rings. The maximum atomic E-state index is 10.3. The average Bonchev–Trinajstić information content (AvgIpc) is 2.49. The van der Waals surface area contributed by atoms with E-state index in [1.165, 1.54) is 0 Å². The van der Waals surface area contributed by atoms with Crippen LogP contribution in [0.5, 0.6) is 0 Å². The van der Waals surface area contributed by atoms with Crippen molar-refractivity contribution in [2.45, 2.75) is 12.5 Å². The van der Waals surface area contributed by atoms with Crippen LogP contribution in [0.25, 0.3) is 11.0 Å². The smallest absolute Gasteiger partial charge is 0.0890 e. The summed E-state index contributed by atoms with van der Waals surface area (Å²) in [6.45, 7) is 0. The van der Waals surface area contributed by atoms with Crippen LogP contribution in [0.2, 0.25) is 0 Å². The highest BCUT2D eigenvalue weighted by Gasteiger charge is 2.10. The van der Waals surface area contributed by atoms with Crippen molar-refractivity contribution in [1.82, 2.24) is 15.0 Å². The Hall–Kier alpha value is -1.85. The highest BCUT2D eigenvalue weighted by atomic mass is 79.9. The van der Waals surface area contributed by atoms with Crippen molar-refractivity contribution in [2.75, 3.05) is 0 Å². The summed E-state index contributed by atoms with van der Waals surface area (Å²) in [5.41, 5.74) is 3.28. The van der Waals surface area contributed by atoms with E-state index in [0.717, 1.165) is 26.8 Å². The Morgan fingerprint density at radius 1 is 1.00 bits per heavy atom. The Morgan fingerprint density at radius 2 is 1.80 bits per heavy atom. The lowest BCUT2D eigenvalue weighted by atomic mass is 10.0. The standard InChI is InChI=1S/C15H12BrN3O/c16-11-2-3-12(19-9-11)8-15(20)10-1-4-13-14(7-10)18-6-5-17-13/h1-7,9,15,20H,8H2. The SMILES string of the molecule is OC(Cc1ccc(Br)cn1)c1ccc2nccnc2c1. The van der Waals surface area contributed by atoms with Gasteiger partial charge in [0, 0.05) is 35.2 Å². The van der Waals surface area contributed by atoms with Gasteiger partial charge in [-0.1, -0.05) is 6.07 Å². The van der Waals surface area contributed by atoms with E-state index in [4.69, 9.17) is 0 Å². The quantitative estimate of drug-likeness (QED) is 0.802. The zero-order valence-corrected chi connectivity index (χ0v) is 12.2. The second-order valence-corrected chi connectivity index (χ2v) is 5.41. The fourth-order valence-corrected chi connectivity index (χ4v) is 2.27. The summed E-state index contributed by atoms with van der Waals surface area (Å²) in [5.74, 6) is 0. The van der Waals surface area contributed by atoms with Crippen molar-refractivity contribution in [3.63, 3.8) is 0 Å². The van der Waals surface area contributed by atoms with Gasteiger partial charge in [-0.15, -0.1) is 0 Å². The Balaban J connectivity index is 1.84. The largest absolute Gasteiger partial charge is 0.388 e. The number of fused-ring (bicyclic) bond motifs is 1. The predicted molar refractivity (Wildman–Crippen MR) is 80.1 cm³/mol. The summed E-state index contributed by atoms with van der Waals surface area (Å²) in [6, 6.07) is 9.43. The van der Waals surface area contributed by atoms with Crippen LogP contribution in [0.1, 0.15) is 17.4 Å². The monoisotopic (exact) mass is 329 g/mol. The van der Waals surface area contributed by atoms with E-state index >= 15 is 0 Å². The molecule has 20 heavy (non-hydrogen) atoms. The number of aromatic nitrogens is 3. The predicted octanol–water partition coefficient (Wildman–Crippen LogP) is 3.06. The molecule has 1 aromatic carbocycles. The molecule has 1 atom stereocenters. The summed E-state index contributed by atoms with van der Waals surface area (Å²) in [6.07, 6.45) is 4.90. The third-order valence-corrected chi connectivity index (χ3v) is 3.54. The van der Waals surface area contributed by atoms with E-state index in [9.17, 15) is 5.11 Å². The van der Waals surface area contributed by atoms with Gasteiger partial charge in [0.2, 0.25) is 0 Å². The van der Waals surface area contributed by atoms with E-state index < -0.39 is 6.10 Å². The van der Waals surface area contributed by atoms with Crippen molar-refractivity contribution in [3.05, 3.63) is 64.7 Å². The van der Waals surface area contributed by atoms with Gasteiger partial charge in [-0.25, -0.2) is 0 Å². The molecule has 5 heteroatoms. The normalized spacial score (nSPS) is 12.5. The molecule has 0 aliphatic heterocycles. The molecule has 0 saturated heterocycles. The lowest BCUT2D eigenvalue weighted by molar-refractivity contribution is 0.177. The van der Waals surface area contributed by atoms with Crippen molar-refractivity contribution >= 4 is 27.0 Å². The molecule has 0 aliphatic rings. The number of rotatable bonds is 3. The molecule has 3 rings (SSSR count). The molecule has 0 fully saturated rings. The first-order chi connectivity index (χ1) is 9.72. The number of hydrogen-bond acceptors (Lipinski definition) is 4. The first-order valence-electron chi connectivity index (χ1n) is 6.21. The maximum Gasteiger partial charge on any atom is 0.0890 e. The van der Waals surface area contributed by atoms with E-state index in [1.54, 1.807) is 18.6 Å². The molecular weight excluding hydrogens is 318 g/mol. The number of aliphatic hydroxyl groups is 1. The summed E-state index contributed by atoms with van der Waals surface area (Å²) in [7, 11) is 0. The van der Waals surface area contributed by atoms with Crippen LogP contribution in [0.15, 0.2) is 53.4 Å². The van der Waals surface area contributed by atoms with Gasteiger partial charge in [-0.3, -0.25) is 15.0 Å². The summed E-state index contributed by atoms with van der Waals surface area (Å²) in [5, 5.41) is 10.3. The third-order valence-electron chi connectivity index (χ3n) is 3.07. The van der Waals surface area contributed by atoms with Gasteiger partial charge >= 0.3 is 0 Å². The van der Waals surface area contributed by atoms with E-state index in [1.807, 2.05) is 30.3 Å². The molecule has 4 nitrogen and oxygen atoms in total. The van der Waals surface area contributed by atoms with Crippen LogP contribution in [0.4, 0.5) is 0 Å². The molecule has 0 aliphatic carbocycles. The first kappa shape index (κ1) is 13.1. The number of pyridine rings is 1. The summed E-state index contributed by atoms with van der Waals surface area (Å²) >= 11 is 3.34. The lowest BCUT2D eigenvalue weighted by Gasteiger charge is -2.11. The molecule has 1 N–H and O–H groups in total. The number of aliphatic hydroxyl groups excluding tert-OH is 1. The lowest BCUT2D eigenvalue weighted by Crippen LogP contribution is -2.03. The van der Waals surface area contributed by atoms with Gasteiger partial charge in [0.05, 0.1) is 17.1 Å². The van der Waals surface area contributed by atoms with Gasteiger partial charge in [-0.2, -0.15) is 0 Å². The van der Waals surface area contributed by atoms with Gasteiger partial charge in [0.25, 0.3) is 0 Å². The van der Waals surface area contributed by atoms with Crippen molar-refractivity contribution in [1.29, 1.82) is 0 Å². The molecule has 2 aromatic heterocycles. The van der Waals surface area contributed by atoms with Crippen LogP contribution in [-0.4, -0.2) is 20.1 Å². The second kappa shape index (κ2) is 5.64. The zero-order chi connectivity index (χ0) is 13.9. The van der Waals surface area contributed by atoms with E-state index in [0.29, 0.717) is 6.42 Å². The molecule has 0 amide bonds. The van der Waals surface area contributed by atoms with Gasteiger partial charge in [-0.05, 0) is 45.8 Å². The maximum absolute atomic E-state index is 10.3. The van der Waals surface area contributed by atoms with E-state index in [-0.39, 0.29) is 0 Å². The summed E-state index contributed by atoms with van der Waals surface area (Å²) < 4.78 is 0.928. The molecule has 0 radical (unpaired) electrons. The number of hydrogen-bond donors (Lipinski definition) is 1. The number of halogens is 1. The van der Waals surface area contributed by atoms with Gasteiger partial charge < -0.3 is 5.11 Å². The van der Waals surface area contributed by atoms with E-state index in [2.05, 4.69) is 30.9 Å². The third kappa shape index (κ3) is 2.84. The highest BCUT2D eigenvalue weighted by molar-refractivity contribution is 9.10. The molecular formula is C15H12BrN3O. The molecule has 0 saturated carbocycles. The minimum absolute atomic E-state index is 0.471. The minimum atomic E-state index is -0.602. The number of benzene rings is 1. The zero-order valence-electron chi connectivity index (χ0n) is 10.6. The Bertz CT molecular complexity index is 731. The van der Waals surface area contributed by atoms with Crippen LogP contribution >= 0.6 is 15.9 Å². The van der Waals surface area contributed by atoms with Crippen LogP contribution in [0, 0.1) is 0 Å². The highest BCUT2D eigenvalue weighted by Crippen LogP contribution is 2.21. The molecule has 2 heterocycles. The number of nitrogens with zero attached hydrogens (tertiary/aromatic N) is 3. The van der Waals surface area contributed by atoms with Crippen molar-refractivity contribution in [2.24, 2.45) is 0 Å². The molecule has 0 spiro atoms. The first-order valence-corrected chi connectivity index (χ1v) is 7.01. The fourth-order valence-electron chi connectivity index (χ4n) is 2.03. The fraction of sp³-hybridized carbons (Fsp3) is 0.133. The van der Waals surface area contributed by atoms with Gasteiger partial charge in [0.1, 0.15) is 0 Å². The molecule has 1 unspecified atom stereocenters. The minimum Gasteiger partial charge on any atom is -0.388 e. The van der Waals surface area contributed by atoms with Crippen molar-refractivity contribution < 1.29 is 5.11 Å². The van der Waals surface area contributed by atoms with Gasteiger partial charge in [0.15, 0.2) is 0 Å². The topological polar surface area (TPSA) is 58.9 Å². The summed E-state index contributed by atoms with van der Waals surface area (Å²) in [4.78, 5) is 12.7.